The van der Waals surface area contributed by atoms with Crippen LogP contribution in [0.3, 0.4) is 0 Å². The maximum absolute atomic E-state index is 12.7. The van der Waals surface area contributed by atoms with E-state index in [4.69, 9.17) is 4.52 Å². The molecule has 1 heterocycles. The van der Waals surface area contributed by atoms with Crippen molar-refractivity contribution in [2.75, 3.05) is 24.2 Å². The van der Waals surface area contributed by atoms with Crippen molar-refractivity contribution in [3.63, 3.8) is 0 Å². The van der Waals surface area contributed by atoms with Crippen LogP contribution in [0.15, 0.2) is 34.9 Å². The maximum Gasteiger partial charge on any atom is 0.254 e. The lowest BCUT2D eigenvalue weighted by atomic mass is 9.88. The first kappa shape index (κ1) is 20.6. The third kappa shape index (κ3) is 5.66. The van der Waals surface area contributed by atoms with Crippen molar-refractivity contribution in [2.24, 2.45) is 5.92 Å². The van der Waals surface area contributed by atoms with Crippen LogP contribution in [0.25, 0.3) is 0 Å². The summed E-state index contributed by atoms with van der Waals surface area (Å²) in [6.07, 6.45) is 5.17. The van der Waals surface area contributed by atoms with Gasteiger partial charge in [-0.3, -0.25) is 14.4 Å². The van der Waals surface area contributed by atoms with Crippen LogP contribution in [-0.4, -0.2) is 41.4 Å². The number of amides is 3. The van der Waals surface area contributed by atoms with Gasteiger partial charge in [0.2, 0.25) is 11.8 Å². The SMILES string of the molecule is Cc1cc(NC(=O)CN(C)C(=O)c2cccc(NC(=O)C3CCCCC3)c2)no1. The third-order valence-electron chi connectivity index (χ3n) is 4.98. The van der Waals surface area contributed by atoms with Crippen LogP contribution in [0.4, 0.5) is 11.5 Å². The predicted molar refractivity (Wildman–Crippen MR) is 108 cm³/mol. The van der Waals surface area contributed by atoms with Gasteiger partial charge in [0.05, 0.1) is 6.54 Å². The fraction of sp³-hybridized carbons (Fsp3) is 0.429. The molecule has 8 nitrogen and oxygen atoms in total. The standard InChI is InChI=1S/C21H26N4O4/c1-14-11-18(24-29-14)23-19(26)13-25(2)21(28)16-9-6-10-17(12-16)22-20(27)15-7-4-3-5-8-15/h6,9-12,15H,3-5,7-8,13H2,1-2H3,(H,22,27)(H,23,24,26). The largest absolute Gasteiger partial charge is 0.360 e. The molecule has 0 radical (unpaired) electrons. The highest BCUT2D eigenvalue weighted by Crippen LogP contribution is 2.25. The van der Waals surface area contributed by atoms with E-state index in [1.165, 1.54) is 11.3 Å². The summed E-state index contributed by atoms with van der Waals surface area (Å²) in [4.78, 5) is 38.5. The molecule has 2 aromatic rings. The second-order valence-corrected chi connectivity index (χ2v) is 7.44. The first-order valence-electron chi connectivity index (χ1n) is 9.82. The number of hydrogen-bond donors (Lipinski definition) is 2. The Morgan fingerprint density at radius 2 is 1.90 bits per heavy atom. The van der Waals surface area contributed by atoms with Crippen LogP contribution in [0.1, 0.15) is 48.2 Å². The Kier molecular flexibility index (Phi) is 6.64. The summed E-state index contributed by atoms with van der Waals surface area (Å²) in [6.45, 7) is 1.59. The molecular formula is C21H26N4O4. The number of aromatic nitrogens is 1. The fourth-order valence-corrected chi connectivity index (χ4v) is 3.45. The Bertz CT molecular complexity index is 886. The molecule has 1 aromatic carbocycles. The third-order valence-corrected chi connectivity index (χ3v) is 4.98. The number of aryl methyl sites for hydroxylation is 1. The molecule has 3 amide bonds. The van der Waals surface area contributed by atoms with E-state index in [0.29, 0.717) is 22.8 Å². The molecule has 3 rings (SSSR count). The van der Waals surface area contributed by atoms with Gasteiger partial charge in [0.1, 0.15) is 5.76 Å². The molecule has 8 heteroatoms. The number of likely N-dealkylation sites (N-methyl/N-ethyl adjacent to an activating group) is 1. The van der Waals surface area contributed by atoms with Crippen LogP contribution in [0.5, 0.6) is 0 Å². The molecule has 1 aliphatic carbocycles. The number of carbonyl (C=O) groups excluding carboxylic acids is 3. The normalized spacial score (nSPS) is 14.3. The lowest BCUT2D eigenvalue weighted by Crippen LogP contribution is -2.35. The number of anilines is 2. The summed E-state index contributed by atoms with van der Waals surface area (Å²) in [5.41, 5.74) is 0.987. The van der Waals surface area contributed by atoms with Crippen molar-refractivity contribution in [3.8, 4) is 0 Å². The molecule has 154 valence electrons. The summed E-state index contributed by atoms with van der Waals surface area (Å²) in [7, 11) is 1.54. The molecule has 0 spiro atoms. The molecule has 0 unspecified atom stereocenters. The average molecular weight is 398 g/mol. The monoisotopic (exact) mass is 398 g/mol. The molecule has 1 fully saturated rings. The highest BCUT2D eigenvalue weighted by Gasteiger charge is 2.22. The minimum Gasteiger partial charge on any atom is -0.360 e. The van der Waals surface area contributed by atoms with Gasteiger partial charge in [-0.2, -0.15) is 0 Å². The first-order valence-corrected chi connectivity index (χ1v) is 9.82. The van der Waals surface area contributed by atoms with Crippen molar-refractivity contribution in [1.29, 1.82) is 0 Å². The zero-order valence-electron chi connectivity index (χ0n) is 16.7. The number of rotatable bonds is 6. The first-order chi connectivity index (χ1) is 13.9. The van der Waals surface area contributed by atoms with E-state index < -0.39 is 0 Å². The minimum absolute atomic E-state index is 0.00457. The molecule has 1 aromatic heterocycles. The second-order valence-electron chi connectivity index (χ2n) is 7.44. The van der Waals surface area contributed by atoms with Crippen LogP contribution in [-0.2, 0) is 9.59 Å². The number of carbonyl (C=O) groups is 3. The highest BCUT2D eigenvalue weighted by molar-refractivity contribution is 6.00. The number of nitrogens with zero attached hydrogens (tertiary/aromatic N) is 2. The van der Waals surface area contributed by atoms with Gasteiger partial charge in [-0.05, 0) is 38.0 Å². The van der Waals surface area contributed by atoms with E-state index in [9.17, 15) is 14.4 Å². The topological polar surface area (TPSA) is 105 Å². The predicted octanol–water partition coefficient (Wildman–Crippen LogP) is 3.21. The summed E-state index contributed by atoms with van der Waals surface area (Å²) in [5.74, 6) is 0.235. The van der Waals surface area contributed by atoms with Gasteiger partial charge in [-0.1, -0.05) is 30.5 Å². The minimum atomic E-state index is -0.379. The Hall–Kier alpha value is -3.16. The van der Waals surface area contributed by atoms with Gasteiger partial charge in [0.25, 0.3) is 5.91 Å². The highest BCUT2D eigenvalue weighted by atomic mass is 16.5. The van der Waals surface area contributed by atoms with E-state index in [1.54, 1.807) is 44.3 Å². The average Bonchev–Trinajstić information content (AvgIpc) is 3.12. The van der Waals surface area contributed by atoms with Crippen molar-refractivity contribution < 1.29 is 18.9 Å². The molecule has 0 saturated heterocycles. The van der Waals surface area contributed by atoms with Crippen LogP contribution in [0.2, 0.25) is 0 Å². The van der Waals surface area contributed by atoms with E-state index >= 15 is 0 Å². The summed E-state index contributed by atoms with van der Waals surface area (Å²) in [6, 6.07) is 8.37. The van der Waals surface area contributed by atoms with Gasteiger partial charge < -0.3 is 20.1 Å². The van der Waals surface area contributed by atoms with Crippen LogP contribution in [0, 0.1) is 12.8 Å². The molecule has 1 aliphatic rings. The van der Waals surface area contributed by atoms with Crippen molar-refractivity contribution >= 4 is 29.2 Å². The molecule has 29 heavy (non-hydrogen) atoms. The quantitative estimate of drug-likeness (QED) is 0.777. The Balaban J connectivity index is 1.57. The molecule has 0 aliphatic heterocycles. The molecule has 1 saturated carbocycles. The summed E-state index contributed by atoms with van der Waals surface area (Å²) >= 11 is 0. The number of hydrogen-bond acceptors (Lipinski definition) is 5. The van der Waals surface area contributed by atoms with Gasteiger partial charge in [0, 0.05) is 30.3 Å². The summed E-state index contributed by atoms with van der Waals surface area (Å²) < 4.78 is 4.90. The zero-order valence-corrected chi connectivity index (χ0v) is 16.7. The molecule has 0 bridgehead atoms. The van der Waals surface area contributed by atoms with Crippen LogP contribution >= 0.6 is 0 Å². The van der Waals surface area contributed by atoms with Crippen molar-refractivity contribution in [1.82, 2.24) is 10.1 Å². The van der Waals surface area contributed by atoms with Crippen molar-refractivity contribution in [2.45, 2.75) is 39.0 Å². The Morgan fingerprint density at radius 3 is 2.59 bits per heavy atom. The summed E-state index contributed by atoms with van der Waals surface area (Å²) in [5, 5.41) is 9.19. The van der Waals surface area contributed by atoms with Crippen molar-refractivity contribution in [3.05, 3.63) is 41.7 Å². The molecule has 0 atom stereocenters. The number of nitrogens with one attached hydrogen (secondary N) is 2. The number of benzene rings is 1. The van der Waals surface area contributed by atoms with E-state index in [1.807, 2.05) is 0 Å². The van der Waals surface area contributed by atoms with Gasteiger partial charge >= 0.3 is 0 Å². The zero-order chi connectivity index (χ0) is 20.8. The lowest BCUT2D eigenvalue weighted by Gasteiger charge is -2.21. The van der Waals surface area contributed by atoms with E-state index in [-0.39, 0.29) is 30.2 Å². The second kappa shape index (κ2) is 9.36. The van der Waals surface area contributed by atoms with Gasteiger partial charge in [0.15, 0.2) is 5.82 Å². The van der Waals surface area contributed by atoms with Crippen LogP contribution < -0.4 is 10.6 Å². The van der Waals surface area contributed by atoms with Gasteiger partial charge in [-0.25, -0.2) is 0 Å². The van der Waals surface area contributed by atoms with Gasteiger partial charge in [-0.15, -0.1) is 0 Å². The Labute approximate surface area is 169 Å². The smallest absolute Gasteiger partial charge is 0.254 e. The molecular weight excluding hydrogens is 372 g/mol. The van der Waals surface area contributed by atoms with E-state index in [2.05, 4.69) is 15.8 Å². The maximum atomic E-state index is 12.7. The van der Waals surface area contributed by atoms with E-state index in [0.717, 1.165) is 25.7 Å². The lowest BCUT2D eigenvalue weighted by molar-refractivity contribution is -0.120. The Morgan fingerprint density at radius 1 is 1.14 bits per heavy atom. The molecule has 2 N–H and O–H groups in total. The fourth-order valence-electron chi connectivity index (χ4n) is 3.45.